The Morgan fingerprint density at radius 3 is 2.27 bits per heavy atom. The Morgan fingerprint density at radius 2 is 1.63 bits per heavy atom. The maximum absolute atomic E-state index is 13.8. The van der Waals surface area contributed by atoms with Crippen LogP contribution < -0.4 is 10.1 Å². The van der Waals surface area contributed by atoms with Gasteiger partial charge in [0.1, 0.15) is 11.6 Å². The van der Waals surface area contributed by atoms with Gasteiger partial charge in [0.25, 0.3) is 5.91 Å². The number of benzene rings is 2. The first-order valence-electron chi connectivity index (χ1n) is 8.60. The zero-order chi connectivity index (χ0) is 22.0. The second-order valence-electron chi connectivity index (χ2n) is 6.35. The van der Waals surface area contributed by atoms with E-state index in [0.29, 0.717) is 24.9 Å². The Kier molecular flexibility index (Phi) is 6.67. The molecule has 0 unspecified atom stereocenters. The van der Waals surface area contributed by atoms with Crippen LogP contribution in [-0.2, 0) is 9.59 Å². The molecule has 0 radical (unpaired) electrons. The number of halogens is 4. The van der Waals surface area contributed by atoms with Crippen molar-refractivity contribution in [2.45, 2.75) is 19.3 Å². The van der Waals surface area contributed by atoms with Gasteiger partial charge in [-0.1, -0.05) is 0 Å². The number of hydrogen-bond acceptors (Lipinski definition) is 4. The predicted molar refractivity (Wildman–Crippen MR) is 110 cm³/mol. The molecule has 0 heterocycles. The maximum atomic E-state index is 13.8. The lowest BCUT2D eigenvalue weighted by atomic mass is 10.1. The molecule has 3 rings (SSSR count). The summed E-state index contributed by atoms with van der Waals surface area (Å²) in [5.74, 6) is -4.49. The van der Waals surface area contributed by atoms with Crippen molar-refractivity contribution in [1.29, 1.82) is 0 Å². The first kappa shape index (κ1) is 22.1. The molecule has 1 aliphatic rings. The Morgan fingerprint density at radius 1 is 1.00 bits per heavy atom. The summed E-state index contributed by atoms with van der Waals surface area (Å²) in [7, 11) is 0. The van der Waals surface area contributed by atoms with Gasteiger partial charge in [-0.2, -0.15) is 0 Å². The number of rotatable bonds is 5. The van der Waals surface area contributed by atoms with E-state index in [1.165, 1.54) is 12.1 Å². The zero-order valence-corrected chi connectivity index (χ0v) is 18.3. The molecule has 2 N–H and O–H groups in total. The van der Waals surface area contributed by atoms with Gasteiger partial charge in [0.05, 0.1) is 14.5 Å². The Bertz CT molecular complexity index is 1080. The fraction of sp³-hybridized carbons (Fsp3) is 0.150. The number of carboxylic acids is 1. The highest BCUT2D eigenvalue weighted by atomic mass is 79.9. The quantitative estimate of drug-likeness (QED) is 0.398. The molecule has 0 saturated carbocycles. The summed E-state index contributed by atoms with van der Waals surface area (Å²) in [5.41, 5.74) is 0.0419. The first-order valence-corrected chi connectivity index (χ1v) is 10.2. The van der Waals surface area contributed by atoms with Gasteiger partial charge in [-0.15, -0.1) is 0 Å². The molecule has 0 saturated heterocycles. The number of esters is 1. The molecule has 10 heteroatoms. The molecule has 30 heavy (non-hydrogen) atoms. The van der Waals surface area contributed by atoms with E-state index in [0.717, 1.165) is 18.2 Å². The summed E-state index contributed by atoms with van der Waals surface area (Å²) in [6.45, 7) is 0. The van der Waals surface area contributed by atoms with Crippen molar-refractivity contribution in [3.8, 4) is 5.75 Å². The van der Waals surface area contributed by atoms with E-state index in [1.54, 1.807) is 0 Å². The third kappa shape index (κ3) is 4.76. The summed E-state index contributed by atoms with van der Waals surface area (Å²) in [6, 6.07) is 5.29. The van der Waals surface area contributed by atoms with Crippen molar-refractivity contribution in [3.63, 3.8) is 0 Å². The highest BCUT2D eigenvalue weighted by Crippen LogP contribution is 2.37. The van der Waals surface area contributed by atoms with Crippen LogP contribution in [0.25, 0.3) is 0 Å². The van der Waals surface area contributed by atoms with Crippen LogP contribution in [-0.4, -0.2) is 23.0 Å². The van der Waals surface area contributed by atoms with E-state index in [-0.39, 0.29) is 25.8 Å². The van der Waals surface area contributed by atoms with Crippen molar-refractivity contribution in [2.24, 2.45) is 0 Å². The van der Waals surface area contributed by atoms with E-state index < -0.39 is 35.0 Å². The highest BCUT2D eigenvalue weighted by molar-refractivity contribution is 9.11. The summed E-state index contributed by atoms with van der Waals surface area (Å²) in [4.78, 5) is 35.9. The summed E-state index contributed by atoms with van der Waals surface area (Å²) < 4.78 is 32.8. The fourth-order valence-electron chi connectivity index (χ4n) is 2.97. The van der Waals surface area contributed by atoms with E-state index in [9.17, 15) is 28.3 Å². The standard InChI is InChI=1S/C20H13Br2F2NO5/c21-14-7-10(25-18(26)11-2-1-3-12(11)19(27)28)8-15(22)17(14)30-20(29)13-6-9(23)4-5-16(13)24/h4-8H,1-3H2,(H,25,26)(H,27,28). The number of ether oxygens (including phenoxy) is 1. The largest absolute Gasteiger partial charge is 0.478 e. The molecule has 1 amide bonds. The summed E-state index contributed by atoms with van der Waals surface area (Å²) >= 11 is 6.42. The monoisotopic (exact) mass is 543 g/mol. The third-order valence-corrected chi connectivity index (χ3v) is 5.53. The summed E-state index contributed by atoms with van der Waals surface area (Å²) in [5, 5.41) is 11.8. The van der Waals surface area contributed by atoms with Crippen molar-refractivity contribution >= 4 is 55.4 Å². The smallest absolute Gasteiger partial charge is 0.346 e. The Labute approximate surface area is 186 Å². The zero-order valence-electron chi connectivity index (χ0n) is 15.1. The topological polar surface area (TPSA) is 92.7 Å². The van der Waals surface area contributed by atoms with Crippen LogP contribution in [0.15, 0.2) is 50.4 Å². The van der Waals surface area contributed by atoms with Crippen molar-refractivity contribution in [1.82, 2.24) is 0 Å². The van der Waals surface area contributed by atoms with Crippen LogP contribution in [0.5, 0.6) is 5.75 Å². The fourth-order valence-corrected chi connectivity index (χ4v) is 4.32. The lowest BCUT2D eigenvalue weighted by Gasteiger charge is -2.13. The average Bonchev–Trinajstić information content (AvgIpc) is 3.17. The second kappa shape index (κ2) is 9.05. The number of aliphatic carboxylic acids is 1. The molecular weight excluding hydrogens is 532 g/mol. The average molecular weight is 545 g/mol. The van der Waals surface area contributed by atoms with Gasteiger partial charge in [0, 0.05) is 16.8 Å². The lowest BCUT2D eigenvalue weighted by Crippen LogP contribution is -2.16. The van der Waals surface area contributed by atoms with Crippen molar-refractivity contribution in [2.75, 3.05) is 5.32 Å². The highest BCUT2D eigenvalue weighted by Gasteiger charge is 2.26. The van der Waals surface area contributed by atoms with E-state index >= 15 is 0 Å². The molecule has 0 aliphatic heterocycles. The number of amides is 1. The normalized spacial score (nSPS) is 13.3. The van der Waals surface area contributed by atoms with Crippen LogP contribution in [0.1, 0.15) is 29.6 Å². The number of carbonyl (C=O) groups is 3. The molecule has 0 spiro atoms. The molecule has 6 nitrogen and oxygen atoms in total. The molecule has 0 aromatic heterocycles. The van der Waals surface area contributed by atoms with Gasteiger partial charge >= 0.3 is 11.9 Å². The molecule has 156 valence electrons. The van der Waals surface area contributed by atoms with Gasteiger partial charge in [0.15, 0.2) is 5.75 Å². The maximum Gasteiger partial charge on any atom is 0.346 e. The minimum Gasteiger partial charge on any atom is -0.478 e. The number of nitrogens with one attached hydrogen (secondary N) is 1. The lowest BCUT2D eigenvalue weighted by molar-refractivity contribution is -0.133. The van der Waals surface area contributed by atoms with Gasteiger partial charge in [-0.05, 0) is 81.5 Å². The number of carbonyl (C=O) groups excluding carboxylic acids is 2. The van der Waals surface area contributed by atoms with Gasteiger partial charge < -0.3 is 15.2 Å². The molecule has 2 aromatic rings. The van der Waals surface area contributed by atoms with Crippen LogP contribution in [0.3, 0.4) is 0 Å². The molecular formula is C20H13Br2F2NO5. The number of carboxylic acid groups (broad SMARTS) is 1. The van der Waals surface area contributed by atoms with Gasteiger partial charge in [-0.25, -0.2) is 18.4 Å². The predicted octanol–water partition coefficient (Wildman–Crippen LogP) is 5.21. The summed E-state index contributed by atoms with van der Waals surface area (Å²) in [6.07, 6.45) is 1.28. The van der Waals surface area contributed by atoms with E-state index in [2.05, 4.69) is 37.2 Å². The van der Waals surface area contributed by atoms with Gasteiger partial charge in [0.2, 0.25) is 0 Å². The van der Waals surface area contributed by atoms with Crippen molar-refractivity contribution < 1.29 is 33.0 Å². The first-order chi connectivity index (χ1) is 14.2. The molecule has 0 atom stereocenters. The number of hydrogen-bond donors (Lipinski definition) is 2. The molecule has 0 bridgehead atoms. The van der Waals surface area contributed by atoms with Gasteiger partial charge in [-0.3, -0.25) is 4.79 Å². The van der Waals surface area contributed by atoms with Crippen molar-refractivity contribution in [3.05, 3.63) is 67.6 Å². The van der Waals surface area contributed by atoms with E-state index in [1.807, 2.05) is 0 Å². The number of anilines is 1. The van der Waals surface area contributed by atoms with Crippen LogP contribution in [0.2, 0.25) is 0 Å². The van der Waals surface area contributed by atoms with E-state index in [4.69, 9.17) is 4.74 Å². The molecule has 2 aromatic carbocycles. The molecule has 1 aliphatic carbocycles. The van der Waals surface area contributed by atoms with Crippen LogP contribution >= 0.6 is 31.9 Å². The Hall–Kier alpha value is -2.59. The Balaban J connectivity index is 1.81. The minimum atomic E-state index is -1.12. The third-order valence-electron chi connectivity index (χ3n) is 4.35. The second-order valence-corrected chi connectivity index (χ2v) is 8.06. The SMILES string of the molecule is O=C(O)C1=C(C(=O)Nc2cc(Br)c(OC(=O)c3cc(F)ccc3F)c(Br)c2)CCC1. The molecule has 0 fully saturated rings. The minimum absolute atomic E-state index is 0.00651. The van der Waals surface area contributed by atoms with Crippen LogP contribution in [0, 0.1) is 11.6 Å². The van der Waals surface area contributed by atoms with Crippen LogP contribution in [0.4, 0.5) is 14.5 Å².